The lowest BCUT2D eigenvalue weighted by Gasteiger charge is -2.26. The summed E-state index contributed by atoms with van der Waals surface area (Å²) in [6.07, 6.45) is -0.223. The highest BCUT2D eigenvalue weighted by molar-refractivity contribution is 7.89. The molecule has 2 aromatic carbocycles. The van der Waals surface area contributed by atoms with Gasteiger partial charge < -0.3 is 0 Å². The smallest absolute Gasteiger partial charge is 0.252 e. The van der Waals surface area contributed by atoms with E-state index in [0.717, 1.165) is 14.1 Å². The fraction of sp³-hybridized carbons (Fsp3) is 0.143. The van der Waals surface area contributed by atoms with Crippen LogP contribution in [0, 0.1) is 0 Å². The summed E-state index contributed by atoms with van der Waals surface area (Å²) in [7, 11) is -4.01. The summed E-state index contributed by atoms with van der Waals surface area (Å²) in [6, 6.07) is 16.7. The number of carbonyl (C=O) groups excluding carboxylic acids is 2. The number of benzene rings is 2. The monoisotopic (exact) mass is 460 g/mol. The highest BCUT2D eigenvalue weighted by Crippen LogP contribution is 2.31. The Morgan fingerprint density at radius 2 is 1.70 bits per heavy atom. The van der Waals surface area contributed by atoms with Gasteiger partial charge in [-0.1, -0.05) is 35.9 Å². The molecule has 1 unspecified atom stereocenters. The van der Waals surface area contributed by atoms with Gasteiger partial charge in [0.2, 0.25) is 15.9 Å². The van der Waals surface area contributed by atoms with Gasteiger partial charge in [0.1, 0.15) is 6.04 Å². The van der Waals surface area contributed by atoms with E-state index in [0.29, 0.717) is 10.7 Å². The SMILES string of the molecule is O=C1CC(N(Cc2cccs2)S(=O)(=O)c2ccccc2)C(=O)N1c1ccc(Cl)cc1. The summed E-state index contributed by atoms with van der Waals surface area (Å²) in [5.74, 6) is -1.02. The third-order valence-corrected chi connectivity index (χ3v) is 7.78. The zero-order valence-electron chi connectivity index (χ0n) is 15.6. The van der Waals surface area contributed by atoms with Crippen LogP contribution >= 0.6 is 22.9 Å². The molecule has 1 aliphatic heterocycles. The van der Waals surface area contributed by atoms with E-state index in [1.807, 2.05) is 11.4 Å². The predicted molar refractivity (Wildman–Crippen MR) is 116 cm³/mol. The van der Waals surface area contributed by atoms with Crippen molar-refractivity contribution in [3.8, 4) is 0 Å². The number of amides is 2. The Kier molecular flexibility index (Phi) is 5.75. The first-order chi connectivity index (χ1) is 14.4. The summed E-state index contributed by atoms with van der Waals surface area (Å²) >= 11 is 7.29. The average molecular weight is 461 g/mol. The van der Waals surface area contributed by atoms with Gasteiger partial charge in [0, 0.05) is 16.4 Å². The van der Waals surface area contributed by atoms with Crippen LogP contribution in [0.1, 0.15) is 11.3 Å². The van der Waals surface area contributed by atoms with Gasteiger partial charge in [-0.15, -0.1) is 11.3 Å². The van der Waals surface area contributed by atoms with Crippen LogP contribution in [-0.4, -0.2) is 30.6 Å². The summed E-state index contributed by atoms with van der Waals surface area (Å²) in [5.41, 5.74) is 0.366. The van der Waals surface area contributed by atoms with Crippen LogP contribution in [0.3, 0.4) is 0 Å². The van der Waals surface area contributed by atoms with Crippen molar-refractivity contribution in [1.82, 2.24) is 4.31 Å². The molecule has 1 fully saturated rings. The van der Waals surface area contributed by atoms with Crippen LogP contribution in [0.5, 0.6) is 0 Å². The first-order valence-corrected chi connectivity index (χ1v) is 11.8. The predicted octanol–water partition coefficient (Wildman–Crippen LogP) is 3.92. The van der Waals surface area contributed by atoms with Crippen LogP contribution in [0.25, 0.3) is 0 Å². The van der Waals surface area contributed by atoms with Gasteiger partial charge in [-0.2, -0.15) is 4.31 Å². The Labute approximate surface area is 183 Å². The van der Waals surface area contributed by atoms with Crippen molar-refractivity contribution in [3.63, 3.8) is 0 Å². The Hall–Kier alpha value is -2.52. The molecule has 3 aromatic rings. The Bertz CT molecular complexity index is 1160. The third kappa shape index (κ3) is 3.91. The molecule has 0 N–H and O–H groups in total. The molecular formula is C21H17ClN2O4S2. The van der Waals surface area contributed by atoms with Crippen molar-refractivity contribution in [2.75, 3.05) is 4.90 Å². The number of nitrogens with zero attached hydrogens (tertiary/aromatic N) is 2. The molecule has 1 atom stereocenters. The number of halogens is 1. The summed E-state index contributed by atoms with van der Waals surface area (Å²) < 4.78 is 28.0. The lowest BCUT2D eigenvalue weighted by molar-refractivity contribution is -0.122. The van der Waals surface area contributed by atoms with E-state index >= 15 is 0 Å². The third-order valence-electron chi connectivity index (χ3n) is 4.80. The van der Waals surface area contributed by atoms with Gasteiger partial charge in [-0.3, -0.25) is 9.59 Å². The maximum atomic E-state index is 13.4. The fourth-order valence-electron chi connectivity index (χ4n) is 3.35. The molecule has 1 aromatic heterocycles. The standard InChI is InChI=1S/C21H17ClN2O4S2/c22-15-8-10-16(11-9-15)24-20(25)13-19(21(24)26)23(14-17-5-4-12-29-17)30(27,28)18-6-2-1-3-7-18/h1-12,19H,13-14H2. The molecule has 0 aliphatic carbocycles. The molecule has 6 nitrogen and oxygen atoms in total. The van der Waals surface area contributed by atoms with E-state index in [4.69, 9.17) is 11.6 Å². The number of imide groups is 1. The molecule has 4 rings (SSSR count). The van der Waals surface area contributed by atoms with Crippen molar-refractivity contribution in [3.05, 3.63) is 82.0 Å². The van der Waals surface area contributed by atoms with Gasteiger partial charge in [0.25, 0.3) is 5.91 Å². The van der Waals surface area contributed by atoms with Crippen molar-refractivity contribution in [2.24, 2.45) is 0 Å². The van der Waals surface area contributed by atoms with Crippen LogP contribution in [-0.2, 0) is 26.2 Å². The summed E-state index contributed by atoms with van der Waals surface area (Å²) in [5, 5.41) is 2.31. The zero-order chi connectivity index (χ0) is 21.3. The van der Waals surface area contributed by atoms with Crippen LogP contribution in [0.15, 0.2) is 77.0 Å². The fourth-order valence-corrected chi connectivity index (χ4v) is 5.84. The number of rotatable bonds is 6. The number of anilines is 1. The number of carbonyl (C=O) groups is 2. The van der Waals surface area contributed by atoms with E-state index < -0.39 is 27.9 Å². The van der Waals surface area contributed by atoms with Crippen LogP contribution < -0.4 is 4.90 Å². The largest absolute Gasteiger partial charge is 0.274 e. The lowest BCUT2D eigenvalue weighted by Crippen LogP contribution is -2.44. The maximum absolute atomic E-state index is 13.4. The normalized spacial score (nSPS) is 17.1. The van der Waals surface area contributed by atoms with Crippen LogP contribution in [0.2, 0.25) is 5.02 Å². The molecule has 1 saturated heterocycles. The quantitative estimate of drug-likeness (QED) is 0.522. The van der Waals surface area contributed by atoms with Crippen molar-refractivity contribution in [2.45, 2.75) is 23.9 Å². The van der Waals surface area contributed by atoms with E-state index in [1.165, 1.54) is 23.5 Å². The van der Waals surface area contributed by atoms with Gasteiger partial charge >= 0.3 is 0 Å². The Morgan fingerprint density at radius 3 is 2.33 bits per heavy atom. The molecule has 0 saturated carbocycles. The second-order valence-corrected chi connectivity index (χ2v) is 10.1. The first kappa shape index (κ1) is 20.7. The minimum absolute atomic E-state index is 0.00698. The molecule has 9 heteroatoms. The first-order valence-electron chi connectivity index (χ1n) is 9.09. The van der Waals surface area contributed by atoms with Gasteiger partial charge in [0.15, 0.2) is 0 Å². The minimum Gasteiger partial charge on any atom is -0.274 e. The molecule has 1 aliphatic rings. The number of sulfonamides is 1. The Balaban J connectivity index is 1.73. The molecule has 30 heavy (non-hydrogen) atoms. The molecule has 0 spiro atoms. The molecule has 154 valence electrons. The molecule has 2 heterocycles. The van der Waals surface area contributed by atoms with E-state index in [2.05, 4.69) is 0 Å². The van der Waals surface area contributed by atoms with E-state index in [-0.39, 0.29) is 17.9 Å². The minimum atomic E-state index is -4.01. The lowest BCUT2D eigenvalue weighted by atomic mass is 10.2. The second kappa shape index (κ2) is 8.31. The van der Waals surface area contributed by atoms with Gasteiger partial charge in [-0.05, 0) is 47.8 Å². The molecule has 0 bridgehead atoms. The second-order valence-electron chi connectivity index (χ2n) is 6.71. The molecular weight excluding hydrogens is 444 g/mol. The summed E-state index contributed by atoms with van der Waals surface area (Å²) in [6.45, 7) is 0.00698. The number of hydrogen-bond acceptors (Lipinski definition) is 5. The van der Waals surface area contributed by atoms with E-state index in [1.54, 1.807) is 48.5 Å². The average Bonchev–Trinajstić information content (AvgIpc) is 3.35. The zero-order valence-corrected chi connectivity index (χ0v) is 18.0. The van der Waals surface area contributed by atoms with Crippen molar-refractivity contribution < 1.29 is 18.0 Å². The van der Waals surface area contributed by atoms with Crippen molar-refractivity contribution in [1.29, 1.82) is 0 Å². The summed E-state index contributed by atoms with van der Waals surface area (Å²) in [4.78, 5) is 27.8. The molecule has 0 radical (unpaired) electrons. The van der Waals surface area contributed by atoms with Gasteiger partial charge in [-0.25, -0.2) is 13.3 Å². The number of thiophene rings is 1. The maximum Gasteiger partial charge on any atom is 0.252 e. The number of hydrogen-bond donors (Lipinski definition) is 0. The van der Waals surface area contributed by atoms with Gasteiger partial charge in [0.05, 0.1) is 17.0 Å². The van der Waals surface area contributed by atoms with E-state index in [9.17, 15) is 18.0 Å². The molecule has 2 amide bonds. The highest BCUT2D eigenvalue weighted by atomic mass is 35.5. The van der Waals surface area contributed by atoms with Crippen LogP contribution in [0.4, 0.5) is 5.69 Å². The topological polar surface area (TPSA) is 74.8 Å². The Morgan fingerprint density at radius 1 is 1.00 bits per heavy atom. The van der Waals surface area contributed by atoms with Crippen molar-refractivity contribution >= 4 is 50.5 Å². The highest BCUT2D eigenvalue weighted by Gasteiger charge is 2.47.